The molecule has 2 aromatic carbocycles. The Morgan fingerprint density at radius 3 is 2.39 bits per heavy atom. The van der Waals surface area contributed by atoms with Gasteiger partial charge in [0.15, 0.2) is 0 Å². The molecule has 4 N–H and O–H groups in total. The van der Waals surface area contributed by atoms with Gasteiger partial charge >= 0.3 is 6.03 Å². The predicted molar refractivity (Wildman–Crippen MR) is 130 cm³/mol. The van der Waals surface area contributed by atoms with Crippen molar-refractivity contribution in [3.8, 4) is 22.8 Å². The van der Waals surface area contributed by atoms with Crippen molar-refractivity contribution in [3.05, 3.63) is 72.4 Å². The van der Waals surface area contributed by atoms with E-state index in [1.165, 1.54) is 6.26 Å². The highest BCUT2D eigenvalue weighted by Gasteiger charge is 2.18. The summed E-state index contributed by atoms with van der Waals surface area (Å²) in [7, 11) is -2.73. The topological polar surface area (TPSA) is 107 Å². The maximum atomic E-state index is 11.6. The first-order chi connectivity index (χ1) is 15.9. The Bertz CT molecular complexity index is 1080. The van der Waals surface area contributed by atoms with Crippen molar-refractivity contribution in [2.24, 2.45) is 0 Å². The number of urea groups is 1. The fraction of sp³-hybridized carbons (Fsp3) is 0.250. The highest BCUT2D eigenvalue weighted by molar-refractivity contribution is 8.23. The third kappa shape index (κ3) is 6.23. The fourth-order valence-electron chi connectivity index (χ4n) is 3.49. The van der Waals surface area contributed by atoms with Crippen molar-refractivity contribution in [1.29, 1.82) is 0 Å². The van der Waals surface area contributed by atoms with Gasteiger partial charge in [-0.1, -0.05) is 6.07 Å². The van der Waals surface area contributed by atoms with Crippen LogP contribution in [0, 0.1) is 0 Å². The number of aromatic nitrogens is 1. The summed E-state index contributed by atoms with van der Waals surface area (Å²) in [6, 6.07) is 20.3. The molecule has 3 aromatic rings. The molecule has 0 radical (unpaired) electrons. The number of nitrogens with one attached hydrogen (secondary N) is 2. The summed E-state index contributed by atoms with van der Waals surface area (Å²) in [5, 5.41) is 6.14. The molecule has 0 spiro atoms. The Balaban J connectivity index is 1.32. The molecule has 0 saturated carbocycles. The second-order valence-electron chi connectivity index (χ2n) is 7.84. The third-order valence-corrected chi connectivity index (χ3v) is 6.44. The highest BCUT2D eigenvalue weighted by Crippen LogP contribution is 2.44. The Morgan fingerprint density at radius 1 is 1.06 bits per heavy atom. The van der Waals surface area contributed by atoms with Crippen LogP contribution in [0.2, 0.25) is 0 Å². The largest absolute Gasteiger partial charge is 0.457 e. The molecule has 174 valence electrons. The zero-order valence-electron chi connectivity index (χ0n) is 18.4. The zero-order chi connectivity index (χ0) is 23.3. The molecule has 0 atom stereocenters. The number of pyridine rings is 1. The number of hydrogen-bond donors (Lipinski definition) is 4. The molecule has 33 heavy (non-hydrogen) atoms. The van der Waals surface area contributed by atoms with E-state index in [0.29, 0.717) is 42.6 Å². The summed E-state index contributed by atoms with van der Waals surface area (Å²) >= 11 is 0. The first kappa shape index (κ1) is 23.1. The van der Waals surface area contributed by atoms with Crippen molar-refractivity contribution in [1.82, 2.24) is 20.5 Å². The minimum atomic E-state index is -2.73. The van der Waals surface area contributed by atoms with E-state index >= 15 is 0 Å². The number of carbonyl (C=O) groups excluding carboxylic acids is 1. The molecule has 1 fully saturated rings. The van der Waals surface area contributed by atoms with Gasteiger partial charge in [0.25, 0.3) is 0 Å². The van der Waals surface area contributed by atoms with Gasteiger partial charge in [-0.2, -0.15) is 10.6 Å². The lowest BCUT2D eigenvalue weighted by molar-refractivity contribution is 0.217. The normalized spacial score (nSPS) is 14.3. The van der Waals surface area contributed by atoms with Gasteiger partial charge in [-0.25, -0.2) is 4.79 Å². The number of rotatable bonds is 9. The van der Waals surface area contributed by atoms with Gasteiger partial charge in [0, 0.05) is 44.5 Å². The van der Waals surface area contributed by atoms with Gasteiger partial charge in [-0.15, -0.1) is 0 Å². The molecular formula is C24H28N4O4S. The van der Waals surface area contributed by atoms with Gasteiger partial charge in [0.2, 0.25) is 0 Å². The van der Waals surface area contributed by atoms with E-state index in [-0.39, 0.29) is 6.03 Å². The summed E-state index contributed by atoms with van der Waals surface area (Å²) in [5.74, 6) is 1.30. The lowest BCUT2D eigenvalue weighted by Crippen LogP contribution is -2.34. The van der Waals surface area contributed by atoms with Gasteiger partial charge in [0.1, 0.15) is 11.5 Å². The van der Waals surface area contributed by atoms with E-state index in [9.17, 15) is 13.9 Å². The molecule has 0 bridgehead atoms. The van der Waals surface area contributed by atoms with Crippen LogP contribution in [-0.4, -0.2) is 57.5 Å². The van der Waals surface area contributed by atoms with Crippen molar-refractivity contribution in [2.45, 2.75) is 11.4 Å². The molecule has 0 unspecified atom stereocenters. The van der Waals surface area contributed by atoms with Crippen LogP contribution in [0.3, 0.4) is 0 Å². The monoisotopic (exact) mass is 468 g/mol. The van der Waals surface area contributed by atoms with E-state index < -0.39 is 10.6 Å². The van der Waals surface area contributed by atoms with Crippen LogP contribution in [0.15, 0.2) is 71.6 Å². The molecule has 4 rings (SSSR count). The number of nitrogens with zero attached hydrogens (tertiary/aromatic N) is 2. The smallest absolute Gasteiger partial charge is 0.317 e. The number of hydrogen-bond acceptors (Lipinski definition) is 6. The SMILES string of the molecule is CS(O)(O)c1ccc(Oc2ccc(-c3cccc(CNCCN4CCNC4=O)n3)cc2)cc1. The fourth-order valence-corrected chi connectivity index (χ4v) is 4.14. The molecule has 0 aliphatic carbocycles. The van der Waals surface area contributed by atoms with E-state index in [2.05, 4.69) is 10.6 Å². The van der Waals surface area contributed by atoms with Crippen molar-refractivity contribution >= 4 is 16.6 Å². The molecule has 1 aliphatic rings. The van der Waals surface area contributed by atoms with Crippen LogP contribution in [-0.2, 0) is 6.54 Å². The summed E-state index contributed by atoms with van der Waals surface area (Å²) in [6.45, 7) is 3.49. The van der Waals surface area contributed by atoms with E-state index in [4.69, 9.17) is 9.72 Å². The number of ether oxygens (including phenoxy) is 1. The van der Waals surface area contributed by atoms with Crippen LogP contribution in [0.5, 0.6) is 11.5 Å². The quantitative estimate of drug-likeness (QED) is 0.347. The number of amides is 2. The Hall–Kier alpha value is -3.11. The summed E-state index contributed by atoms with van der Waals surface area (Å²) in [4.78, 5) is 18.6. The Labute approximate surface area is 195 Å². The lowest BCUT2D eigenvalue weighted by Gasteiger charge is -2.26. The molecule has 2 amide bonds. The van der Waals surface area contributed by atoms with Crippen molar-refractivity contribution < 1.29 is 18.6 Å². The standard InChI is InChI=1S/C24H28N4O4S/c1-33(30,31)22-11-9-21(10-12-22)32-20-7-5-18(6-8-20)23-4-2-3-19(27-23)17-25-13-15-28-16-14-26-24(28)29/h2-12,25,30-31H,13-17H2,1H3,(H,26,29). The Morgan fingerprint density at radius 2 is 1.76 bits per heavy atom. The number of benzene rings is 2. The summed E-state index contributed by atoms with van der Waals surface area (Å²) in [6.07, 6.45) is 1.40. The average molecular weight is 469 g/mol. The summed E-state index contributed by atoms with van der Waals surface area (Å²) in [5.41, 5.74) is 2.78. The second kappa shape index (κ2) is 10.2. The molecule has 8 nitrogen and oxygen atoms in total. The average Bonchev–Trinajstić information content (AvgIpc) is 3.22. The molecule has 1 aliphatic heterocycles. The van der Waals surface area contributed by atoms with Crippen LogP contribution in [0.1, 0.15) is 5.69 Å². The van der Waals surface area contributed by atoms with Gasteiger partial charge < -0.3 is 20.3 Å². The van der Waals surface area contributed by atoms with Gasteiger partial charge in [0.05, 0.1) is 16.3 Å². The molecule has 9 heteroatoms. The Kier molecular flexibility index (Phi) is 7.14. The molecular weight excluding hydrogens is 440 g/mol. The highest BCUT2D eigenvalue weighted by atomic mass is 32.3. The zero-order valence-corrected chi connectivity index (χ0v) is 19.2. The third-order valence-electron chi connectivity index (χ3n) is 5.27. The van der Waals surface area contributed by atoms with Crippen LogP contribution < -0.4 is 15.4 Å². The first-order valence-electron chi connectivity index (χ1n) is 10.7. The van der Waals surface area contributed by atoms with Crippen LogP contribution >= 0.6 is 10.6 Å². The molecule has 1 saturated heterocycles. The molecule has 2 heterocycles. The van der Waals surface area contributed by atoms with Gasteiger partial charge in [-0.3, -0.25) is 14.1 Å². The number of carbonyl (C=O) groups is 1. The minimum Gasteiger partial charge on any atom is -0.457 e. The maximum Gasteiger partial charge on any atom is 0.317 e. The van der Waals surface area contributed by atoms with Crippen molar-refractivity contribution in [2.75, 3.05) is 32.4 Å². The van der Waals surface area contributed by atoms with Crippen LogP contribution in [0.25, 0.3) is 11.3 Å². The van der Waals surface area contributed by atoms with E-state index in [1.807, 2.05) is 42.5 Å². The first-order valence-corrected chi connectivity index (χ1v) is 12.6. The van der Waals surface area contributed by atoms with E-state index in [1.54, 1.807) is 29.2 Å². The van der Waals surface area contributed by atoms with Gasteiger partial charge in [-0.05, 0) is 60.7 Å². The summed E-state index contributed by atoms with van der Waals surface area (Å²) < 4.78 is 25.3. The predicted octanol–water partition coefficient (Wildman–Crippen LogP) is 4.40. The van der Waals surface area contributed by atoms with E-state index in [0.717, 1.165) is 23.5 Å². The lowest BCUT2D eigenvalue weighted by atomic mass is 10.1. The van der Waals surface area contributed by atoms with Crippen molar-refractivity contribution in [3.63, 3.8) is 0 Å². The second-order valence-corrected chi connectivity index (χ2v) is 9.98. The maximum absolute atomic E-state index is 11.6. The molecule has 1 aromatic heterocycles. The minimum absolute atomic E-state index is 0.000619. The van der Waals surface area contributed by atoms with Crippen LogP contribution in [0.4, 0.5) is 4.79 Å².